The van der Waals surface area contributed by atoms with E-state index >= 15 is 0 Å². The fourth-order valence-corrected chi connectivity index (χ4v) is 0.224. The van der Waals surface area contributed by atoms with Crippen molar-refractivity contribution in [1.29, 1.82) is 0 Å². The lowest BCUT2D eigenvalue weighted by atomic mass is 11.8. The van der Waals surface area contributed by atoms with Crippen LogP contribution in [-0.2, 0) is 13.6 Å². The molecule has 0 aliphatic heterocycles. The highest BCUT2D eigenvalue weighted by Gasteiger charge is 2.08. The Balaban J connectivity index is 4.51. The van der Waals surface area contributed by atoms with Gasteiger partial charge in [0, 0.05) is 24.9 Å². The minimum Gasteiger partial charge on any atom is -0.312 e. The van der Waals surface area contributed by atoms with Crippen LogP contribution in [0.1, 0.15) is 4.11 Å². The molecule has 0 spiro atoms. The van der Waals surface area contributed by atoms with Crippen LogP contribution in [-0.4, -0.2) is 20.8 Å². The van der Waals surface area contributed by atoms with Crippen molar-refractivity contribution in [2.24, 2.45) is 0 Å². The molecule has 0 amide bonds. The van der Waals surface area contributed by atoms with E-state index in [1.807, 2.05) is 0 Å². The SMILES string of the molecule is [2H]C([2H])([2H])P(=O)(OC)OC. The van der Waals surface area contributed by atoms with E-state index in [1.165, 1.54) is 0 Å². The van der Waals surface area contributed by atoms with Crippen LogP contribution in [0.4, 0.5) is 0 Å². The topological polar surface area (TPSA) is 35.5 Å². The Morgan fingerprint density at radius 3 is 2.00 bits per heavy atom. The second-order valence-electron chi connectivity index (χ2n) is 0.863. The first-order chi connectivity index (χ1) is 4.37. The van der Waals surface area contributed by atoms with E-state index in [0.29, 0.717) is 0 Å². The molecular formula is C3H9O3P. The molecule has 0 N–H and O–H groups in total. The van der Waals surface area contributed by atoms with E-state index in [9.17, 15) is 4.57 Å². The lowest BCUT2D eigenvalue weighted by Crippen LogP contribution is -1.82. The first kappa shape index (κ1) is 3.23. The highest BCUT2D eigenvalue weighted by molar-refractivity contribution is 7.52. The van der Waals surface area contributed by atoms with Gasteiger partial charge >= 0.3 is 7.60 Å². The van der Waals surface area contributed by atoms with Crippen molar-refractivity contribution in [3.63, 3.8) is 0 Å². The Hall–Kier alpha value is 0.150. The van der Waals surface area contributed by atoms with Crippen LogP contribution in [0.2, 0.25) is 0 Å². The highest BCUT2D eigenvalue weighted by atomic mass is 31.2. The fourth-order valence-electron chi connectivity index (χ4n) is 0.0745. The number of hydrogen-bond acceptors (Lipinski definition) is 3. The molecule has 0 fully saturated rings. The molecule has 0 radical (unpaired) electrons. The summed E-state index contributed by atoms with van der Waals surface area (Å²) in [6.45, 7) is -2.68. The smallest absolute Gasteiger partial charge is 0.312 e. The van der Waals surface area contributed by atoms with Crippen LogP contribution < -0.4 is 0 Å². The minimum absolute atomic E-state index is 1.04. The standard InChI is InChI=1S/C3H9O3P/c1-5-7(3,4)6-2/h1-3H3/i3D3. The van der Waals surface area contributed by atoms with E-state index in [0.717, 1.165) is 14.2 Å². The fraction of sp³-hybridized carbons (Fsp3) is 1.00. The molecule has 3 nitrogen and oxygen atoms in total. The Morgan fingerprint density at radius 2 is 2.00 bits per heavy atom. The van der Waals surface area contributed by atoms with Crippen LogP contribution in [0.25, 0.3) is 0 Å². The lowest BCUT2D eigenvalue weighted by molar-refractivity contribution is 0.282. The Kier molecular flexibility index (Phi) is 1.13. The Bertz CT molecular complexity index is 146. The van der Waals surface area contributed by atoms with Gasteiger partial charge in [-0.05, 0) is 0 Å². The summed E-state index contributed by atoms with van der Waals surface area (Å²) in [6, 6.07) is 0. The molecule has 0 unspecified atom stereocenters. The van der Waals surface area contributed by atoms with Crippen molar-refractivity contribution in [2.45, 2.75) is 0 Å². The van der Waals surface area contributed by atoms with Crippen molar-refractivity contribution in [2.75, 3.05) is 20.8 Å². The summed E-state index contributed by atoms with van der Waals surface area (Å²) >= 11 is 0. The first-order valence-electron chi connectivity index (χ1n) is 3.09. The van der Waals surface area contributed by atoms with E-state index in [2.05, 4.69) is 9.05 Å². The van der Waals surface area contributed by atoms with Gasteiger partial charge in [-0.1, -0.05) is 0 Å². The zero-order valence-corrected chi connectivity index (χ0v) is 5.07. The third-order valence-electron chi connectivity index (χ3n) is 0.481. The summed E-state index contributed by atoms with van der Waals surface area (Å²) in [6.07, 6.45) is 0. The molecule has 0 aliphatic rings. The average Bonchev–Trinajstić information content (AvgIpc) is 1.84. The van der Waals surface area contributed by atoms with Crippen LogP contribution >= 0.6 is 7.60 Å². The van der Waals surface area contributed by atoms with Crippen molar-refractivity contribution in [1.82, 2.24) is 0 Å². The maximum atomic E-state index is 11.0. The summed E-state index contributed by atoms with van der Waals surface area (Å²) in [4.78, 5) is 0. The second-order valence-corrected chi connectivity index (χ2v) is 2.59. The van der Waals surface area contributed by atoms with Gasteiger partial charge in [-0.2, -0.15) is 0 Å². The van der Waals surface area contributed by atoms with Crippen molar-refractivity contribution < 1.29 is 17.7 Å². The van der Waals surface area contributed by atoms with Gasteiger partial charge in [0.2, 0.25) is 0 Å². The zero-order chi connectivity index (χ0) is 8.41. The monoisotopic (exact) mass is 127 g/mol. The highest BCUT2D eigenvalue weighted by Crippen LogP contribution is 2.40. The van der Waals surface area contributed by atoms with Gasteiger partial charge in [0.25, 0.3) is 0 Å². The molecule has 4 heteroatoms. The second kappa shape index (κ2) is 2.46. The maximum Gasteiger partial charge on any atom is 0.327 e. The van der Waals surface area contributed by atoms with Gasteiger partial charge < -0.3 is 9.05 Å². The van der Waals surface area contributed by atoms with E-state index in [4.69, 9.17) is 4.11 Å². The molecule has 0 heterocycles. The molecule has 0 aliphatic carbocycles. The molecule has 0 bridgehead atoms. The predicted molar refractivity (Wildman–Crippen MR) is 27.5 cm³/mol. The van der Waals surface area contributed by atoms with Crippen LogP contribution in [0.15, 0.2) is 0 Å². The zero-order valence-electron chi connectivity index (χ0n) is 7.17. The van der Waals surface area contributed by atoms with E-state index < -0.39 is 14.2 Å². The molecule has 0 aromatic heterocycles. The average molecular weight is 127 g/mol. The summed E-state index contributed by atoms with van der Waals surface area (Å²) in [5.74, 6) is 0. The maximum absolute atomic E-state index is 11.0. The molecule has 7 heavy (non-hydrogen) atoms. The van der Waals surface area contributed by atoms with Gasteiger partial charge in [0.05, 0.1) is 0 Å². The minimum atomic E-state index is -3.86. The lowest BCUT2D eigenvalue weighted by Gasteiger charge is -2.04. The van der Waals surface area contributed by atoms with Crippen molar-refractivity contribution >= 4 is 7.60 Å². The number of rotatable bonds is 2. The van der Waals surface area contributed by atoms with Gasteiger partial charge in [-0.3, -0.25) is 4.57 Å². The summed E-state index contributed by atoms with van der Waals surface area (Å²) in [5, 5.41) is 0. The van der Waals surface area contributed by atoms with Gasteiger partial charge in [-0.15, -0.1) is 0 Å². The molecule has 0 saturated heterocycles. The molecule has 0 aromatic carbocycles. The van der Waals surface area contributed by atoms with Crippen LogP contribution in [0, 0.1) is 0 Å². The van der Waals surface area contributed by atoms with E-state index in [-0.39, 0.29) is 0 Å². The summed E-state index contributed by atoms with van der Waals surface area (Å²) in [5.41, 5.74) is 0. The summed E-state index contributed by atoms with van der Waals surface area (Å²) < 4.78 is 39.5. The van der Waals surface area contributed by atoms with Crippen molar-refractivity contribution in [3.8, 4) is 0 Å². The summed E-state index contributed by atoms with van der Waals surface area (Å²) in [7, 11) is -1.79. The van der Waals surface area contributed by atoms with Gasteiger partial charge in [-0.25, -0.2) is 0 Å². The van der Waals surface area contributed by atoms with E-state index in [1.54, 1.807) is 0 Å². The van der Waals surface area contributed by atoms with Crippen LogP contribution in [0.3, 0.4) is 0 Å². The van der Waals surface area contributed by atoms with Crippen molar-refractivity contribution in [3.05, 3.63) is 0 Å². The largest absolute Gasteiger partial charge is 0.327 e. The normalized spacial score (nSPS) is 20.0. The van der Waals surface area contributed by atoms with Gasteiger partial charge in [0.15, 0.2) is 0 Å². The number of hydrogen-bond donors (Lipinski definition) is 0. The Labute approximate surface area is 47.4 Å². The molecule has 0 aromatic rings. The van der Waals surface area contributed by atoms with Gasteiger partial charge in [0.1, 0.15) is 0 Å². The van der Waals surface area contributed by atoms with Crippen LogP contribution in [0.5, 0.6) is 0 Å². The third-order valence-corrected chi connectivity index (χ3v) is 1.44. The molecular weight excluding hydrogens is 115 g/mol. The molecule has 0 saturated carbocycles. The first-order valence-corrected chi connectivity index (χ1v) is 3.13. The third kappa shape index (κ3) is 2.80. The molecule has 0 atom stereocenters. The molecule has 0 rings (SSSR count). The Morgan fingerprint density at radius 1 is 1.57 bits per heavy atom. The quantitative estimate of drug-likeness (QED) is 0.521. The molecule has 44 valence electrons. The predicted octanol–water partition coefficient (Wildman–Crippen LogP) is 1.10.